The highest BCUT2D eigenvalue weighted by Gasteiger charge is 2.10. The topological polar surface area (TPSA) is 15.8 Å². The Morgan fingerprint density at radius 1 is 1.06 bits per heavy atom. The Hall–Kier alpha value is -1.62. The monoisotopic (exact) mass is 241 g/mol. The van der Waals surface area contributed by atoms with Gasteiger partial charge in [-0.2, -0.15) is 0 Å². The highest BCUT2D eigenvalue weighted by atomic mass is 32.1. The van der Waals surface area contributed by atoms with E-state index in [1.54, 1.807) is 0 Å². The van der Waals surface area contributed by atoms with Crippen LogP contribution in [0.3, 0.4) is 0 Å². The van der Waals surface area contributed by atoms with Gasteiger partial charge in [0.25, 0.3) is 0 Å². The number of aromatic nitrogens is 1. The molecule has 1 heterocycles. The standard InChI is InChI=1S/C11H6F3NS/c12-8-3-1-2-7(10(8)14)6-4-9(13)11(16)15-5-6/h1-5H,(H,15,16). The van der Waals surface area contributed by atoms with Gasteiger partial charge < -0.3 is 4.98 Å². The van der Waals surface area contributed by atoms with Crippen molar-refractivity contribution < 1.29 is 13.2 Å². The van der Waals surface area contributed by atoms with E-state index in [4.69, 9.17) is 0 Å². The molecule has 0 saturated carbocycles. The van der Waals surface area contributed by atoms with E-state index in [1.807, 2.05) is 0 Å². The van der Waals surface area contributed by atoms with Crippen LogP contribution in [0.25, 0.3) is 11.1 Å². The van der Waals surface area contributed by atoms with Crippen LogP contribution in [-0.4, -0.2) is 4.98 Å². The molecule has 16 heavy (non-hydrogen) atoms. The number of H-pyrrole nitrogens is 1. The van der Waals surface area contributed by atoms with Gasteiger partial charge >= 0.3 is 0 Å². The molecule has 0 unspecified atom stereocenters. The van der Waals surface area contributed by atoms with Gasteiger partial charge in [-0.15, -0.1) is 0 Å². The summed E-state index contributed by atoms with van der Waals surface area (Å²) in [6, 6.07) is 4.79. The molecule has 1 aromatic heterocycles. The Kier molecular flexibility index (Phi) is 2.78. The third-order valence-corrected chi connectivity index (χ3v) is 2.43. The van der Waals surface area contributed by atoms with Crippen molar-refractivity contribution >= 4 is 12.2 Å². The summed E-state index contributed by atoms with van der Waals surface area (Å²) in [6.07, 6.45) is 1.34. The van der Waals surface area contributed by atoms with Crippen LogP contribution in [0, 0.1) is 22.1 Å². The average molecular weight is 241 g/mol. The fourth-order valence-electron chi connectivity index (χ4n) is 1.34. The summed E-state index contributed by atoms with van der Waals surface area (Å²) < 4.78 is 39.4. The highest BCUT2D eigenvalue weighted by Crippen LogP contribution is 2.24. The Morgan fingerprint density at radius 2 is 1.81 bits per heavy atom. The number of rotatable bonds is 1. The molecule has 0 aliphatic rings. The lowest BCUT2D eigenvalue weighted by atomic mass is 10.1. The number of hydrogen-bond donors (Lipinski definition) is 1. The van der Waals surface area contributed by atoms with Crippen molar-refractivity contribution in [3.8, 4) is 11.1 Å². The van der Waals surface area contributed by atoms with Gasteiger partial charge in [0.15, 0.2) is 17.5 Å². The van der Waals surface area contributed by atoms with Crippen LogP contribution in [0.2, 0.25) is 0 Å². The third kappa shape index (κ3) is 1.86. The first-order chi connectivity index (χ1) is 7.59. The molecule has 0 bridgehead atoms. The summed E-state index contributed by atoms with van der Waals surface area (Å²) in [6.45, 7) is 0. The van der Waals surface area contributed by atoms with Crippen LogP contribution < -0.4 is 0 Å². The lowest BCUT2D eigenvalue weighted by Crippen LogP contribution is -1.91. The number of aromatic amines is 1. The fraction of sp³-hybridized carbons (Fsp3) is 0. The van der Waals surface area contributed by atoms with E-state index in [0.29, 0.717) is 0 Å². The molecular weight excluding hydrogens is 235 g/mol. The molecule has 1 aromatic carbocycles. The Labute approximate surface area is 94.6 Å². The largest absolute Gasteiger partial charge is 0.350 e. The predicted octanol–water partition coefficient (Wildman–Crippen LogP) is 3.83. The van der Waals surface area contributed by atoms with E-state index < -0.39 is 17.5 Å². The maximum absolute atomic E-state index is 13.4. The van der Waals surface area contributed by atoms with Gasteiger partial charge in [-0.3, -0.25) is 0 Å². The highest BCUT2D eigenvalue weighted by molar-refractivity contribution is 7.71. The molecule has 2 aromatic rings. The van der Waals surface area contributed by atoms with Gasteiger partial charge in [-0.25, -0.2) is 13.2 Å². The van der Waals surface area contributed by atoms with Gasteiger partial charge in [0.05, 0.1) is 0 Å². The maximum atomic E-state index is 13.4. The first kappa shape index (κ1) is 10.9. The van der Waals surface area contributed by atoms with E-state index >= 15 is 0 Å². The van der Waals surface area contributed by atoms with Crippen molar-refractivity contribution in [3.05, 3.63) is 52.6 Å². The summed E-state index contributed by atoms with van der Waals surface area (Å²) in [5, 5.41) is 0. The van der Waals surface area contributed by atoms with E-state index in [-0.39, 0.29) is 15.8 Å². The average Bonchev–Trinajstić information content (AvgIpc) is 2.26. The molecule has 0 aliphatic heterocycles. The lowest BCUT2D eigenvalue weighted by molar-refractivity contribution is 0.511. The molecule has 2 rings (SSSR count). The van der Waals surface area contributed by atoms with Crippen molar-refractivity contribution in [1.29, 1.82) is 0 Å². The molecule has 1 N–H and O–H groups in total. The van der Waals surface area contributed by atoms with Gasteiger partial charge in [0.1, 0.15) is 4.64 Å². The first-order valence-corrected chi connectivity index (χ1v) is 4.83. The second-order valence-corrected chi connectivity index (χ2v) is 3.58. The zero-order valence-corrected chi connectivity index (χ0v) is 8.75. The first-order valence-electron chi connectivity index (χ1n) is 4.42. The van der Waals surface area contributed by atoms with Crippen molar-refractivity contribution in [1.82, 2.24) is 4.98 Å². The molecule has 0 fully saturated rings. The van der Waals surface area contributed by atoms with E-state index in [9.17, 15) is 13.2 Å². The summed E-state index contributed by atoms with van der Waals surface area (Å²) in [5.74, 6) is -2.65. The molecule has 0 spiro atoms. The summed E-state index contributed by atoms with van der Waals surface area (Å²) in [4.78, 5) is 2.46. The van der Waals surface area contributed by atoms with Crippen LogP contribution in [-0.2, 0) is 0 Å². The van der Waals surface area contributed by atoms with Crippen LogP contribution >= 0.6 is 12.2 Å². The van der Waals surface area contributed by atoms with E-state index in [2.05, 4.69) is 17.2 Å². The maximum Gasteiger partial charge on any atom is 0.166 e. The summed E-state index contributed by atoms with van der Waals surface area (Å²) in [7, 11) is 0. The zero-order valence-electron chi connectivity index (χ0n) is 7.93. The van der Waals surface area contributed by atoms with Crippen molar-refractivity contribution in [2.24, 2.45) is 0 Å². The number of pyridine rings is 1. The lowest BCUT2D eigenvalue weighted by Gasteiger charge is -2.04. The smallest absolute Gasteiger partial charge is 0.166 e. The molecule has 0 radical (unpaired) electrons. The van der Waals surface area contributed by atoms with Gasteiger partial charge in [-0.1, -0.05) is 24.4 Å². The Morgan fingerprint density at radius 3 is 2.50 bits per heavy atom. The summed E-state index contributed by atoms with van der Waals surface area (Å²) in [5.41, 5.74) is 0.202. The van der Waals surface area contributed by atoms with Gasteiger partial charge in [0.2, 0.25) is 0 Å². The normalized spacial score (nSPS) is 10.4. The quantitative estimate of drug-likeness (QED) is 0.750. The van der Waals surface area contributed by atoms with E-state index in [0.717, 1.165) is 12.1 Å². The van der Waals surface area contributed by atoms with Crippen LogP contribution in [0.1, 0.15) is 0 Å². The minimum atomic E-state index is -1.01. The molecular formula is C11H6F3NS. The number of hydrogen-bond acceptors (Lipinski definition) is 1. The minimum Gasteiger partial charge on any atom is -0.350 e. The van der Waals surface area contributed by atoms with Crippen LogP contribution in [0.4, 0.5) is 13.2 Å². The molecule has 0 saturated heterocycles. The van der Waals surface area contributed by atoms with Crippen LogP contribution in [0.15, 0.2) is 30.5 Å². The minimum absolute atomic E-state index is 0.00912. The van der Waals surface area contributed by atoms with Gasteiger partial charge in [0, 0.05) is 17.3 Å². The molecule has 1 nitrogen and oxygen atoms in total. The van der Waals surface area contributed by atoms with Crippen molar-refractivity contribution in [2.75, 3.05) is 0 Å². The van der Waals surface area contributed by atoms with Crippen LogP contribution in [0.5, 0.6) is 0 Å². The molecule has 82 valence electrons. The molecule has 5 heteroatoms. The SMILES string of the molecule is Fc1cccc(-c2c[nH]c(=S)c(F)c2)c1F. The fourth-order valence-corrected chi connectivity index (χ4v) is 1.46. The number of halogens is 3. The molecule has 0 atom stereocenters. The predicted molar refractivity (Wildman–Crippen MR) is 56.9 cm³/mol. The van der Waals surface area contributed by atoms with Crippen molar-refractivity contribution in [3.63, 3.8) is 0 Å². The second-order valence-electron chi connectivity index (χ2n) is 3.17. The van der Waals surface area contributed by atoms with Gasteiger partial charge in [-0.05, 0) is 12.1 Å². The second kappa shape index (κ2) is 4.09. The number of benzene rings is 1. The third-order valence-electron chi connectivity index (χ3n) is 2.12. The zero-order chi connectivity index (χ0) is 11.7. The van der Waals surface area contributed by atoms with Crippen molar-refractivity contribution in [2.45, 2.75) is 0 Å². The number of nitrogens with one attached hydrogen (secondary N) is 1. The Balaban J connectivity index is 2.63. The van der Waals surface area contributed by atoms with E-state index in [1.165, 1.54) is 18.3 Å². The molecule has 0 amide bonds. The summed E-state index contributed by atoms with van der Waals surface area (Å²) >= 11 is 4.62. The Bertz CT molecular complexity index is 592. The molecule has 0 aliphatic carbocycles.